The molecule has 0 aliphatic carbocycles. The summed E-state index contributed by atoms with van der Waals surface area (Å²) >= 11 is 0. The van der Waals surface area contributed by atoms with E-state index in [0.29, 0.717) is 0 Å². The molecule has 0 aromatic heterocycles. The molecule has 0 bridgehead atoms. The SMILES string of the molecule is C[C@@H]1NC(=O)CNC(=O)CNC(=O)CNC(=O)[C@H](C)NC1=O. The van der Waals surface area contributed by atoms with Gasteiger partial charge in [0.2, 0.25) is 29.5 Å². The van der Waals surface area contributed by atoms with Crippen molar-refractivity contribution in [1.82, 2.24) is 26.6 Å². The van der Waals surface area contributed by atoms with E-state index < -0.39 is 41.6 Å². The molecule has 122 valence electrons. The Kier molecular flexibility index (Phi) is 6.29. The van der Waals surface area contributed by atoms with Gasteiger partial charge < -0.3 is 26.6 Å². The van der Waals surface area contributed by atoms with E-state index in [1.807, 2.05) is 0 Å². The van der Waals surface area contributed by atoms with Gasteiger partial charge in [0, 0.05) is 0 Å². The van der Waals surface area contributed by atoms with Crippen LogP contribution in [0, 0.1) is 0 Å². The number of amides is 5. The van der Waals surface area contributed by atoms with Crippen LogP contribution in [-0.2, 0) is 24.0 Å². The molecular weight excluding hydrogens is 294 g/mol. The molecule has 22 heavy (non-hydrogen) atoms. The van der Waals surface area contributed by atoms with Gasteiger partial charge in [-0.05, 0) is 13.8 Å². The average Bonchev–Trinajstić information content (AvgIpc) is 2.47. The van der Waals surface area contributed by atoms with Gasteiger partial charge in [-0.3, -0.25) is 24.0 Å². The van der Waals surface area contributed by atoms with Crippen LogP contribution in [0.5, 0.6) is 0 Å². The third-order valence-electron chi connectivity index (χ3n) is 2.84. The molecule has 1 saturated heterocycles. The largest absolute Gasteiger partial charge is 0.346 e. The topological polar surface area (TPSA) is 146 Å². The van der Waals surface area contributed by atoms with Gasteiger partial charge in [-0.1, -0.05) is 0 Å². The Balaban J connectivity index is 2.75. The fraction of sp³-hybridized carbons (Fsp3) is 0.583. The van der Waals surface area contributed by atoms with Gasteiger partial charge in [0.1, 0.15) is 12.1 Å². The van der Waals surface area contributed by atoms with Crippen LogP contribution in [0.15, 0.2) is 0 Å². The Morgan fingerprint density at radius 1 is 0.636 bits per heavy atom. The fourth-order valence-corrected chi connectivity index (χ4v) is 1.57. The molecule has 1 fully saturated rings. The number of rotatable bonds is 0. The lowest BCUT2D eigenvalue weighted by Gasteiger charge is -2.18. The van der Waals surface area contributed by atoms with Crippen LogP contribution in [0.1, 0.15) is 13.8 Å². The first-order valence-electron chi connectivity index (χ1n) is 6.70. The maximum absolute atomic E-state index is 11.8. The normalized spacial score (nSPS) is 25.6. The van der Waals surface area contributed by atoms with Gasteiger partial charge in [-0.2, -0.15) is 0 Å². The van der Waals surface area contributed by atoms with E-state index in [1.54, 1.807) is 0 Å². The predicted octanol–water partition coefficient (Wildman–Crippen LogP) is -3.64. The summed E-state index contributed by atoms with van der Waals surface area (Å²) in [6.07, 6.45) is 0. The maximum atomic E-state index is 11.8. The predicted molar refractivity (Wildman–Crippen MR) is 74.2 cm³/mol. The highest BCUT2D eigenvalue weighted by molar-refractivity contribution is 5.95. The summed E-state index contributed by atoms with van der Waals surface area (Å²) in [5.74, 6) is -2.79. The number of carbonyl (C=O) groups excluding carboxylic acids is 5. The van der Waals surface area contributed by atoms with Crippen molar-refractivity contribution in [3.05, 3.63) is 0 Å². The smallest absolute Gasteiger partial charge is 0.242 e. The van der Waals surface area contributed by atoms with Crippen LogP contribution in [0.2, 0.25) is 0 Å². The van der Waals surface area contributed by atoms with Crippen LogP contribution < -0.4 is 26.6 Å². The van der Waals surface area contributed by atoms with Gasteiger partial charge in [-0.25, -0.2) is 0 Å². The molecule has 5 amide bonds. The first kappa shape index (κ1) is 17.4. The molecule has 2 atom stereocenters. The van der Waals surface area contributed by atoms with Crippen LogP contribution in [0.3, 0.4) is 0 Å². The van der Waals surface area contributed by atoms with Gasteiger partial charge in [0.05, 0.1) is 19.6 Å². The monoisotopic (exact) mass is 313 g/mol. The van der Waals surface area contributed by atoms with Crippen LogP contribution in [0.4, 0.5) is 0 Å². The van der Waals surface area contributed by atoms with Crippen LogP contribution in [-0.4, -0.2) is 61.3 Å². The van der Waals surface area contributed by atoms with Crippen molar-refractivity contribution in [2.45, 2.75) is 25.9 Å². The van der Waals surface area contributed by atoms with Gasteiger partial charge in [0.15, 0.2) is 0 Å². The Morgan fingerprint density at radius 2 is 1.09 bits per heavy atom. The number of nitrogens with one attached hydrogen (secondary N) is 5. The van der Waals surface area contributed by atoms with Gasteiger partial charge in [0.25, 0.3) is 0 Å². The number of hydrogen-bond donors (Lipinski definition) is 5. The fourth-order valence-electron chi connectivity index (χ4n) is 1.57. The second-order valence-electron chi connectivity index (χ2n) is 4.79. The first-order chi connectivity index (χ1) is 10.3. The molecule has 1 heterocycles. The molecule has 1 aliphatic heterocycles. The molecule has 5 N–H and O–H groups in total. The quantitative estimate of drug-likeness (QED) is 0.313. The van der Waals surface area contributed by atoms with E-state index in [-0.39, 0.29) is 19.6 Å². The minimum atomic E-state index is -0.871. The summed E-state index contributed by atoms with van der Waals surface area (Å²) in [7, 11) is 0. The van der Waals surface area contributed by atoms with Crippen LogP contribution >= 0.6 is 0 Å². The number of carbonyl (C=O) groups is 5. The summed E-state index contributed by atoms with van der Waals surface area (Å²) in [6.45, 7) is 1.94. The van der Waals surface area contributed by atoms with Crippen molar-refractivity contribution in [3.63, 3.8) is 0 Å². The standard InChI is InChI=1S/C12H19N5O5/c1-6-11(21)15-4-9(19)13-3-8(18)14-5-10(20)16-7(2)12(22)17-6/h6-7H,3-5H2,1-2H3,(H,13,19)(H,14,18)(H,15,21)(H,16,20)(H,17,22)/t6-,7-/m0/s1. The molecule has 0 aromatic rings. The van der Waals surface area contributed by atoms with Crippen molar-refractivity contribution in [2.75, 3.05) is 19.6 Å². The third kappa shape index (κ3) is 5.77. The molecule has 0 radical (unpaired) electrons. The molecule has 0 spiro atoms. The number of hydrogen-bond acceptors (Lipinski definition) is 5. The molecule has 1 rings (SSSR count). The molecule has 0 aromatic carbocycles. The lowest BCUT2D eigenvalue weighted by atomic mass is 10.2. The van der Waals surface area contributed by atoms with E-state index in [9.17, 15) is 24.0 Å². The molecule has 1 aliphatic rings. The second-order valence-corrected chi connectivity index (χ2v) is 4.79. The van der Waals surface area contributed by atoms with Crippen molar-refractivity contribution in [2.24, 2.45) is 0 Å². The van der Waals surface area contributed by atoms with Crippen molar-refractivity contribution < 1.29 is 24.0 Å². The summed E-state index contributed by atoms with van der Waals surface area (Å²) in [4.78, 5) is 57.9. The Hall–Kier alpha value is -2.65. The molecular formula is C12H19N5O5. The lowest BCUT2D eigenvalue weighted by Crippen LogP contribution is -2.53. The van der Waals surface area contributed by atoms with Crippen molar-refractivity contribution in [1.29, 1.82) is 0 Å². The second kappa shape index (κ2) is 7.96. The zero-order valence-corrected chi connectivity index (χ0v) is 12.3. The zero-order chi connectivity index (χ0) is 16.7. The lowest BCUT2D eigenvalue weighted by molar-refractivity contribution is -0.131. The van der Waals surface area contributed by atoms with Gasteiger partial charge in [-0.15, -0.1) is 0 Å². The third-order valence-corrected chi connectivity index (χ3v) is 2.84. The summed E-state index contributed by atoms with van der Waals surface area (Å²) in [6, 6.07) is -1.74. The van der Waals surface area contributed by atoms with Crippen molar-refractivity contribution in [3.8, 4) is 0 Å². The van der Waals surface area contributed by atoms with E-state index in [0.717, 1.165) is 0 Å². The maximum Gasteiger partial charge on any atom is 0.242 e. The van der Waals surface area contributed by atoms with E-state index in [4.69, 9.17) is 0 Å². The Bertz CT molecular complexity index is 492. The molecule has 0 saturated carbocycles. The first-order valence-corrected chi connectivity index (χ1v) is 6.70. The van der Waals surface area contributed by atoms with E-state index >= 15 is 0 Å². The molecule has 0 unspecified atom stereocenters. The van der Waals surface area contributed by atoms with E-state index in [2.05, 4.69) is 26.6 Å². The highest BCUT2D eigenvalue weighted by Crippen LogP contribution is 1.88. The van der Waals surface area contributed by atoms with E-state index in [1.165, 1.54) is 13.8 Å². The Morgan fingerprint density at radius 3 is 1.68 bits per heavy atom. The summed E-state index contributed by atoms with van der Waals surface area (Å²) in [5, 5.41) is 11.7. The highest BCUT2D eigenvalue weighted by Gasteiger charge is 2.21. The molecule has 10 nitrogen and oxygen atoms in total. The molecule has 10 heteroatoms. The van der Waals surface area contributed by atoms with Crippen molar-refractivity contribution >= 4 is 29.5 Å². The Labute approximate surface area is 126 Å². The summed E-state index contributed by atoms with van der Waals surface area (Å²) in [5.41, 5.74) is 0. The average molecular weight is 313 g/mol. The minimum absolute atomic E-state index is 0.315. The summed E-state index contributed by atoms with van der Waals surface area (Å²) < 4.78 is 0. The van der Waals surface area contributed by atoms with Gasteiger partial charge >= 0.3 is 0 Å². The zero-order valence-electron chi connectivity index (χ0n) is 12.3. The minimum Gasteiger partial charge on any atom is -0.346 e. The van der Waals surface area contributed by atoms with Crippen LogP contribution in [0.25, 0.3) is 0 Å². The highest BCUT2D eigenvalue weighted by atomic mass is 16.2.